The van der Waals surface area contributed by atoms with Crippen LogP contribution >= 0.6 is 11.6 Å². The molecule has 2 aromatic heterocycles. The van der Waals surface area contributed by atoms with Crippen molar-refractivity contribution in [2.75, 3.05) is 20.0 Å². The molecule has 6 heteroatoms. The van der Waals surface area contributed by atoms with E-state index in [1.54, 1.807) is 14.2 Å². The molecular weight excluding hydrogens is 446 g/mol. The van der Waals surface area contributed by atoms with Gasteiger partial charge in [-0.3, -0.25) is 0 Å². The van der Waals surface area contributed by atoms with E-state index in [0.717, 1.165) is 65.8 Å². The van der Waals surface area contributed by atoms with Crippen LogP contribution in [0.25, 0.3) is 43.6 Å². The van der Waals surface area contributed by atoms with Crippen molar-refractivity contribution in [3.8, 4) is 11.5 Å². The van der Waals surface area contributed by atoms with E-state index < -0.39 is 0 Å². The summed E-state index contributed by atoms with van der Waals surface area (Å²) < 4.78 is 10.4. The molecule has 5 nitrogen and oxygen atoms in total. The maximum Gasteiger partial charge on any atom is 0.121 e. The average Bonchev–Trinajstić information content (AvgIpc) is 2.88. The second kappa shape index (κ2) is 9.04. The molecule has 34 heavy (non-hydrogen) atoms. The molecule has 0 saturated carbocycles. The number of hydrogen-bond acceptors (Lipinski definition) is 5. The number of pyridine rings is 2. The molecule has 4 aromatic carbocycles. The van der Waals surface area contributed by atoms with Gasteiger partial charge in [-0.2, -0.15) is 0 Å². The fourth-order valence-corrected chi connectivity index (χ4v) is 4.30. The highest BCUT2D eigenvalue weighted by Gasteiger charge is 2.08. The van der Waals surface area contributed by atoms with E-state index in [0.29, 0.717) is 0 Å². The summed E-state index contributed by atoms with van der Waals surface area (Å²) >= 11 is 6.39. The number of para-hydroxylation sites is 2. The van der Waals surface area contributed by atoms with Gasteiger partial charge in [-0.1, -0.05) is 48.0 Å². The van der Waals surface area contributed by atoms with Crippen molar-refractivity contribution in [1.82, 2.24) is 9.97 Å². The summed E-state index contributed by atoms with van der Waals surface area (Å²) in [4.78, 5) is 9.17. The Labute approximate surface area is 201 Å². The number of methoxy groups -OCH3 is 2. The van der Waals surface area contributed by atoms with Crippen LogP contribution in [0.2, 0.25) is 5.02 Å². The maximum absolute atomic E-state index is 6.39. The van der Waals surface area contributed by atoms with Crippen LogP contribution in [0.3, 0.4) is 0 Å². The van der Waals surface area contributed by atoms with Crippen molar-refractivity contribution in [1.29, 1.82) is 0 Å². The second-order valence-corrected chi connectivity index (χ2v) is 8.13. The van der Waals surface area contributed by atoms with Crippen LogP contribution in [-0.4, -0.2) is 24.2 Å². The van der Waals surface area contributed by atoms with Gasteiger partial charge < -0.3 is 15.2 Å². The quantitative estimate of drug-likeness (QED) is 0.277. The first kappa shape index (κ1) is 21.7. The summed E-state index contributed by atoms with van der Waals surface area (Å²) in [5.41, 5.74) is 10.5. The Balaban J connectivity index is 0.000000142. The maximum atomic E-state index is 6.39. The molecule has 0 bridgehead atoms. The van der Waals surface area contributed by atoms with Crippen molar-refractivity contribution in [2.24, 2.45) is 0 Å². The number of ether oxygens (including phenoxy) is 2. The topological polar surface area (TPSA) is 70.3 Å². The van der Waals surface area contributed by atoms with Gasteiger partial charge in [0.25, 0.3) is 0 Å². The molecule has 0 unspecified atom stereocenters. The molecule has 0 aliphatic heterocycles. The van der Waals surface area contributed by atoms with Gasteiger partial charge in [-0.15, -0.1) is 0 Å². The van der Waals surface area contributed by atoms with E-state index in [4.69, 9.17) is 26.8 Å². The van der Waals surface area contributed by atoms with Crippen LogP contribution in [0.1, 0.15) is 0 Å². The number of halogens is 1. The summed E-state index contributed by atoms with van der Waals surface area (Å²) in [5, 5.41) is 4.63. The summed E-state index contributed by atoms with van der Waals surface area (Å²) in [6.45, 7) is 0. The number of benzene rings is 4. The SMILES string of the molecule is COc1ccc2c(Cl)c3ccccc3nc2c1.COc1ccc2c(N)c3ccccc3nc2c1. The Morgan fingerprint density at radius 2 is 1.03 bits per heavy atom. The fraction of sp³-hybridized carbons (Fsp3) is 0.0714. The predicted molar refractivity (Wildman–Crippen MR) is 141 cm³/mol. The zero-order valence-corrected chi connectivity index (χ0v) is 19.5. The predicted octanol–water partition coefficient (Wildman–Crippen LogP) is 7.03. The highest BCUT2D eigenvalue weighted by atomic mass is 35.5. The molecule has 0 spiro atoms. The van der Waals surface area contributed by atoms with E-state index in [-0.39, 0.29) is 0 Å². The van der Waals surface area contributed by atoms with Crippen molar-refractivity contribution in [3.63, 3.8) is 0 Å². The molecular formula is C28H22ClN3O2. The Bertz CT molecular complexity index is 1540. The van der Waals surface area contributed by atoms with Crippen LogP contribution in [0.15, 0.2) is 84.9 Å². The molecule has 2 N–H and O–H groups in total. The monoisotopic (exact) mass is 467 g/mol. The summed E-state index contributed by atoms with van der Waals surface area (Å²) in [7, 11) is 3.29. The van der Waals surface area contributed by atoms with Gasteiger partial charge in [0.15, 0.2) is 0 Å². The smallest absolute Gasteiger partial charge is 0.121 e. The number of nitrogens with zero attached hydrogens (tertiary/aromatic N) is 2. The fourth-order valence-electron chi connectivity index (χ4n) is 3.98. The minimum absolute atomic E-state index is 0.744. The largest absolute Gasteiger partial charge is 0.497 e. The third-order valence-electron chi connectivity index (χ3n) is 5.75. The number of anilines is 1. The van der Waals surface area contributed by atoms with E-state index in [9.17, 15) is 0 Å². The number of nitrogen functional groups attached to an aromatic ring is 1. The first-order valence-corrected chi connectivity index (χ1v) is 11.1. The van der Waals surface area contributed by atoms with E-state index in [1.807, 2.05) is 84.9 Å². The highest BCUT2D eigenvalue weighted by molar-refractivity contribution is 6.40. The van der Waals surface area contributed by atoms with E-state index in [2.05, 4.69) is 9.97 Å². The summed E-state index contributed by atoms with van der Waals surface area (Å²) in [5.74, 6) is 1.58. The summed E-state index contributed by atoms with van der Waals surface area (Å²) in [6, 6.07) is 27.2. The van der Waals surface area contributed by atoms with Crippen molar-refractivity contribution in [2.45, 2.75) is 0 Å². The van der Waals surface area contributed by atoms with Crippen LogP contribution in [0.5, 0.6) is 11.5 Å². The van der Waals surface area contributed by atoms with Crippen LogP contribution in [-0.2, 0) is 0 Å². The molecule has 2 heterocycles. The molecule has 0 fully saturated rings. The molecule has 0 radical (unpaired) electrons. The van der Waals surface area contributed by atoms with Gasteiger partial charge in [-0.25, -0.2) is 9.97 Å². The number of nitrogens with two attached hydrogens (primary N) is 1. The van der Waals surface area contributed by atoms with Crippen molar-refractivity contribution in [3.05, 3.63) is 90.0 Å². The molecule has 0 aliphatic carbocycles. The summed E-state index contributed by atoms with van der Waals surface area (Å²) in [6.07, 6.45) is 0. The standard InChI is InChI=1S/C14H10ClNO.C14H12N2O/c2*1-17-9-6-7-11-13(8-9)16-12-5-3-2-4-10(12)14(11)15/h2-8H,1H3;2-8H,1H3,(H2,15,16). The first-order valence-electron chi connectivity index (χ1n) is 10.7. The molecule has 0 amide bonds. The lowest BCUT2D eigenvalue weighted by Crippen LogP contribution is -1.93. The number of rotatable bonds is 2. The average molecular weight is 468 g/mol. The lowest BCUT2D eigenvalue weighted by molar-refractivity contribution is 0.415. The minimum Gasteiger partial charge on any atom is -0.497 e. The van der Waals surface area contributed by atoms with Crippen molar-refractivity contribution < 1.29 is 9.47 Å². The molecule has 6 aromatic rings. The van der Waals surface area contributed by atoms with Gasteiger partial charge in [0.2, 0.25) is 0 Å². The van der Waals surface area contributed by atoms with Crippen LogP contribution in [0.4, 0.5) is 5.69 Å². The Morgan fingerprint density at radius 1 is 0.588 bits per heavy atom. The Hall–Kier alpha value is -4.09. The second-order valence-electron chi connectivity index (χ2n) is 7.75. The zero-order valence-electron chi connectivity index (χ0n) is 18.7. The van der Waals surface area contributed by atoms with Gasteiger partial charge in [-0.05, 0) is 36.4 Å². The third-order valence-corrected chi connectivity index (χ3v) is 6.16. The lowest BCUT2D eigenvalue weighted by atomic mass is 10.1. The van der Waals surface area contributed by atoms with E-state index >= 15 is 0 Å². The molecule has 0 aliphatic rings. The molecule has 0 atom stereocenters. The Kier molecular flexibility index (Phi) is 5.78. The van der Waals surface area contributed by atoms with Gasteiger partial charge >= 0.3 is 0 Å². The normalized spacial score (nSPS) is 10.9. The third kappa shape index (κ3) is 3.91. The van der Waals surface area contributed by atoms with Crippen LogP contribution < -0.4 is 15.2 Å². The molecule has 168 valence electrons. The lowest BCUT2D eigenvalue weighted by Gasteiger charge is -2.07. The van der Waals surface area contributed by atoms with Gasteiger partial charge in [0.05, 0.1) is 47.0 Å². The number of aromatic nitrogens is 2. The van der Waals surface area contributed by atoms with Gasteiger partial charge in [0.1, 0.15) is 11.5 Å². The first-order chi connectivity index (χ1) is 16.6. The number of hydrogen-bond donors (Lipinski definition) is 1. The molecule has 0 saturated heterocycles. The molecule has 6 rings (SSSR count). The minimum atomic E-state index is 0.744. The zero-order chi connectivity index (χ0) is 23.7. The van der Waals surface area contributed by atoms with Crippen molar-refractivity contribution >= 4 is 60.9 Å². The Morgan fingerprint density at radius 3 is 1.65 bits per heavy atom. The van der Waals surface area contributed by atoms with Crippen LogP contribution in [0, 0.1) is 0 Å². The highest BCUT2D eigenvalue weighted by Crippen LogP contribution is 2.32. The number of fused-ring (bicyclic) bond motifs is 4. The van der Waals surface area contributed by atoms with E-state index in [1.165, 1.54) is 0 Å². The van der Waals surface area contributed by atoms with Gasteiger partial charge in [0, 0.05) is 33.7 Å².